The number of hydrogen-bond donors (Lipinski definition) is 0. The molecule has 0 atom stereocenters. The zero-order chi connectivity index (χ0) is 11.6. The van der Waals surface area contributed by atoms with Crippen LogP contribution < -0.4 is 0 Å². The van der Waals surface area contributed by atoms with Crippen molar-refractivity contribution in [1.29, 1.82) is 0 Å². The molecule has 0 unspecified atom stereocenters. The van der Waals surface area contributed by atoms with E-state index in [2.05, 4.69) is 30.7 Å². The van der Waals surface area contributed by atoms with Gasteiger partial charge in [0.1, 0.15) is 16.1 Å². The van der Waals surface area contributed by atoms with Gasteiger partial charge >= 0.3 is 0 Å². The van der Waals surface area contributed by atoms with Crippen molar-refractivity contribution < 1.29 is 0 Å². The number of aromatic nitrogens is 2. The number of rotatable bonds is 2. The summed E-state index contributed by atoms with van der Waals surface area (Å²) >= 11 is 15.6. The van der Waals surface area contributed by atoms with Gasteiger partial charge in [-0.05, 0) is 22.6 Å². The van der Waals surface area contributed by atoms with E-state index in [-0.39, 0.29) is 4.75 Å². The fraction of sp³-hybridized carbons (Fsp3) is 0.556. The molecule has 1 aromatic heterocycles. The van der Waals surface area contributed by atoms with Crippen molar-refractivity contribution in [3.8, 4) is 0 Å². The molecule has 1 rings (SSSR count). The van der Waals surface area contributed by atoms with Crippen molar-refractivity contribution in [2.75, 3.05) is 0 Å². The minimum atomic E-state index is 0.186. The van der Waals surface area contributed by atoms with Crippen LogP contribution in [-0.4, -0.2) is 14.7 Å². The molecule has 0 N–H and O–H groups in total. The summed E-state index contributed by atoms with van der Waals surface area (Å²) in [7, 11) is 0. The molecule has 0 aliphatic heterocycles. The molecule has 0 radical (unpaired) electrons. The fourth-order valence-corrected chi connectivity index (χ4v) is 2.14. The number of hydrogen-bond acceptors (Lipinski definition) is 3. The Bertz CT molecular complexity index is 343. The van der Waals surface area contributed by atoms with Crippen LogP contribution in [0.15, 0.2) is 0 Å². The lowest BCUT2D eigenvalue weighted by molar-refractivity contribution is 0.800. The van der Waals surface area contributed by atoms with E-state index in [1.807, 2.05) is 22.6 Å². The molecule has 84 valence electrons. The van der Waals surface area contributed by atoms with Gasteiger partial charge < -0.3 is 0 Å². The molecular formula is C9H11Cl2IN2S. The number of halogens is 3. The maximum absolute atomic E-state index is 5.92. The van der Waals surface area contributed by atoms with Crippen molar-refractivity contribution in [2.24, 2.45) is 0 Å². The van der Waals surface area contributed by atoms with Crippen molar-refractivity contribution in [2.45, 2.75) is 31.3 Å². The highest BCUT2D eigenvalue weighted by Gasteiger charge is 2.14. The van der Waals surface area contributed by atoms with E-state index >= 15 is 0 Å². The average molecular weight is 377 g/mol. The third kappa shape index (κ3) is 4.63. The summed E-state index contributed by atoms with van der Waals surface area (Å²) in [5.41, 5.74) is 0. The van der Waals surface area contributed by atoms with Gasteiger partial charge in [0, 0.05) is 4.75 Å². The zero-order valence-electron chi connectivity index (χ0n) is 8.64. The largest absolute Gasteiger partial charge is 0.219 e. The maximum atomic E-state index is 5.92. The molecule has 2 nitrogen and oxygen atoms in total. The van der Waals surface area contributed by atoms with Crippen LogP contribution in [0.25, 0.3) is 0 Å². The summed E-state index contributed by atoms with van der Waals surface area (Å²) in [6.07, 6.45) is 0. The molecule has 0 aromatic carbocycles. The normalized spacial score (nSPS) is 11.9. The van der Waals surface area contributed by atoms with Crippen molar-refractivity contribution in [3.05, 3.63) is 19.7 Å². The summed E-state index contributed by atoms with van der Waals surface area (Å²) in [5, 5.41) is 0.861. The molecule has 0 fully saturated rings. The Morgan fingerprint density at radius 3 is 2.07 bits per heavy atom. The van der Waals surface area contributed by atoms with E-state index < -0.39 is 0 Å². The molecule has 0 spiro atoms. The van der Waals surface area contributed by atoms with Gasteiger partial charge in [-0.15, -0.1) is 11.8 Å². The van der Waals surface area contributed by atoms with Gasteiger partial charge in [-0.2, -0.15) is 0 Å². The Morgan fingerprint density at radius 1 is 1.20 bits per heavy atom. The Morgan fingerprint density at radius 2 is 1.67 bits per heavy atom. The number of thioether (sulfide) groups is 1. The average Bonchev–Trinajstić information content (AvgIpc) is 2.09. The molecule has 0 saturated heterocycles. The van der Waals surface area contributed by atoms with Crippen molar-refractivity contribution in [1.82, 2.24) is 9.97 Å². The van der Waals surface area contributed by atoms with Gasteiger partial charge in [0.05, 0.1) is 9.32 Å². The van der Waals surface area contributed by atoms with Gasteiger partial charge in [-0.3, -0.25) is 0 Å². The van der Waals surface area contributed by atoms with Crippen LogP contribution in [-0.2, 0) is 5.75 Å². The predicted octanol–water partition coefficient (Wildman–Crippen LogP) is 4.42. The van der Waals surface area contributed by atoms with Crippen molar-refractivity contribution >= 4 is 57.6 Å². The fourth-order valence-electron chi connectivity index (χ4n) is 0.780. The van der Waals surface area contributed by atoms with Gasteiger partial charge in [0.25, 0.3) is 0 Å². The lowest BCUT2D eigenvalue weighted by Gasteiger charge is -2.16. The summed E-state index contributed by atoms with van der Waals surface area (Å²) in [5.74, 6) is 1.41. The Hall–Kier alpha value is 0.740. The van der Waals surface area contributed by atoms with Gasteiger partial charge in [-0.1, -0.05) is 44.0 Å². The number of nitrogens with zero attached hydrogens (tertiary/aromatic N) is 2. The molecule has 6 heteroatoms. The summed E-state index contributed by atoms with van der Waals surface area (Å²) in [6.45, 7) is 6.44. The Kier molecular flexibility index (Phi) is 4.95. The minimum absolute atomic E-state index is 0.186. The molecule has 0 amide bonds. The molecule has 15 heavy (non-hydrogen) atoms. The first-order valence-electron chi connectivity index (χ1n) is 4.31. The third-order valence-electron chi connectivity index (χ3n) is 1.45. The lowest BCUT2D eigenvalue weighted by atomic mass is 10.3. The van der Waals surface area contributed by atoms with Crippen LogP contribution in [0.2, 0.25) is 10.3 Å². The predicted molar refractivity (Wildman–Crippen MR) is 75.8 cm³/mol. The second-order valence-electron chi connectivity index (χ2n) is 3.94. The van der Waals surface area contributed by atoms with Crippen LogP contribution in [0.4, 0.5) is 0 Å². The van der Waals surface area contributed by atoms with Crippen LogP contribution in [0.5, 0.6) is 0 Å². The molecule has 0 saturated carbocycles. The van der Waals surface area contributed by atoms with E-state index in [9.17, 15) is 0 Å². The standard InChI is InChI=1S/C9H11Cl2IN2S/c1-9(2,3)15-4-5-13-7(10)6(12)8(11)14-5/h4H2,1-3H3. The topological polar surface area (TPSA) is 25.8 Å². The van der Waals surface area contributed by atoms with Gasteiger partial charge in [0.15, 0.2) is 0 Å². The Balaban J connectivity index is 2.80. The van der Waals surface area contributed by atoms with Crippen molar-refractivity contribution in [3.63, 3.8) is 0 Å². The molecule has 1 heterocycles. The first-order valence-corrected chi connectivity index (χ1v) is 7.13. The highest BCUT2D eigenvalue weighted by molar-refractivity contribution is 14.1. The molecule has 0 aliphatic rings. The first kappa shape index (κ1) is 13.8. The monoisotopic (exact) mass is 376 g/mol. The second kappa shape index (κ2) is 5.38. The summed E-state index contributed by atoms with van der Waals surface area (Å²) in [4.78, 5) is 8.36. The van der Waals surface area contributed by atoms with E-state index in [4.69, 9.17) is 23.2 Å². The summed E-state index contributed by atoms with van der Waals surface area (Å²) < 4.78 is 0.895. The summed E-state index contributed by atoms with van der Waals surface area (Å²) in [6, 6.07) is 0. The van der Waals surface area contributed by atoms with E-state index in [1.165, 1.54) is 0 Å². The third-order valence-corrected chi connectivity index (χ3v) is 4.93. The highest BCUT2D eigenvalue weighted by atomic mass is 127. The molecule has 0 bridgehead atoms. The minimum Gasteiger partial charge on any atom is -0.219 e. The molecule has 1 aromatic rings. The van der Waals surface area contributed by atoms with E-state index in [0.717, 1.165) is 5.75 Å². The van der Waals surface area contributed by atoms with Gasteiger partial charge in [0.2, 0.25) is 0 Å². The first-order chi connectivity index (χ1) is 6.79. The quantitative estimate of drug-likeness (QED) is 0.564. The molecular weight excluding hydrogens is 366 g/mol. The SMILES string of the molecule is CC(C)(C)SCc1nc(Cl)c(I)c(Cl)n1. The van der Waals surface area contributed by atoms with Crippen LogP contribution in [0.1, 0.15) is 26.6 Å². The van der Waals surface area contributed by atoms with Crippen LogP contribution in [0, 0.1) is 3.57 Å². The van der Waals surface area contributed by atoms with Crippen LogP contribution >= 0.6 is 57.6 Å². The highest BCUT2D eigenvalue weighted by Crippen LogP contribution is 2.28. The smallest absolute Gasteiger partial charge is 0.147 e. The second-order valence-corrected chi connectivity index (χ2v) is 7.53. The van der Waals surface area contributed by atoms with Gasteiger partial charge in [-0.25, -0.2) is 9.97 Å². The lowest BCUT2D eigenvalue weighted by Crippen LogP contribution is -2.09. The maximum Gasteiger partial charge on any atom is 0.147 e. The zero-order valence-corrected chi connectivity index (χ0v) is 13.1. The molecule has 0 aliphatic carbocycles. The van der Waals surface area contributed by atoms with E-state index in [1.54, 1.807) is 11.8 Å². The Labute approximate surface area is 118 Å². The van der Waals surface area contributed by atoms with E-state index in [0.29, 0.717) is 19.7 Å². The van der Waals surface area contributed by atoms with Crippen LogP contribution in [0.3, 0.4) is 0 Å².